The predicted octanol–water partition coefficient (Wildman–Crippen LogP) is 4.06. The number of thioether (sulfide) groups is 1. The van der Waals surface area contributed by atoms with Gasteiger partial charge in [-0.25, -0.2) is 4.98 Å². The minimum atomic E-state index is -0.484. The fourth-order valence-electron chi connectivity index (χ4n) is 1.91. The Bertz CT molecular complexity index is 894. The Kier molecular flexibility index (Phi) is 3.82. The van der Waals surface area contributed by atoms with Crippen LogP contribution in [0.1, 0.15) is 10.4 Å². The standard InChI is InChI=1S/C14H8ClN3O3S/c15-10-4-2-1-3-9(10)13(19)22-14-16-11-6-5-8(18(20)21)7-12(11)17-14/h1-7H,(H,16,17). The molecule has 0 bridgehead atoms. The highest BCUT2D eigenvalue weighted by atomic mass is 35.5. The molecular formula is C14H8ClN3O3S. The number of nitrogens with one attached hydrogen (secondary N) is 1. The first-order valence-electron chi connectivity index (χ1n) is 6.15. The van der Waals surface area contributed by atoms with Crippen LogP contribution in [0, 0.1) is 10.1 Å². The zero-order valence-electron chi connectivity index (χ0n) is 10.9. The van der Waals surface area contributed by atoms with Gasteiger partial charge in [-0.2, -0.15) is 0 Å². The lowest BCUT2D eigenvalue weighted by Crippen LogP contribution is -1.94. The lowest BCUT2D eigenvalue weighted by molar-refractivity contribution is -0.384. The second kappa shape index (κ2) is 5.78. The third-order valence-electron chi connectivity index (χ3n) is 2.94. The zero-order valence-corrected chi connectivity index (χ0v) is 12.5. The minimum absolute atomic E-state index is 0.0369. The number of carbonyl (C=O) groups excluding carboxylic acids is 1. The normalized spacial score (nSPS) is 10.8. The van der Waals surface area contributed by atoms with Gasteiger partial charge in [0.05, 0.1) is 21.0 Å². The Morgan fingerprint density at radius 2 is 2.05 bits per heavy atom. The van der Waals surface area contributed by atoms with Crippen LogP contribution in [-0.2, 0) is 0 Å². The number of rotatable bonds is 3. The molecule has 0 saturated heterocycles. The summed E-state index contributed by atoms with van der Waals surface area (Å²) in [6.45, 7) is 0. The number of aromatic amines is 1. The molecule has 0 radical (unpaired) electrons. The van der Waals surface area contributed by atoms with Crippen LogP contribution in [0.15, 0.2) is 47.6 Å². The second-order valence-corrected chi connectivity index (χ2v) is 5.74. The summed E-state index contributed by atoms with van der Waals surface area (Å²) in [5, 5.41) is 11.2. The van der Waals surface area contributed by atoms with Crippen LogP contribution < -0.4 is 0 Å². The molecule has 22 heavy (non-hydrogen) atoms. The number of carbonyl (C=O) groups is 1. The molecule has 0 atom stereocenters. The molecule has 0 fully saturated rings. The average Bonchev–Trinajstić information content (AvgIpc) is 2.88. The van der Waals surface area contributed by atoms with E-state index in [1.54, 1.807) is 24.3 Å². The number of benzene rings is 2. The maximum Gasteiger partial charge on any atom is 0.271 e. The summed E-state index contributed by atoms with van der Waals surface area (Å²) >= 11 is 6.87. The number of halogens is 1. The maximum absolute atomic E-state index is 12.2. The topological polar surface area (TPSA) is 88.9 Å². The number of non-ortho nitro benzene ring substituents is 1. The molecule has 110 valence electrons. The number of H-pyrrole nitrogens is 1. The van der Waals surface area contributed by atoms with Gasteiger partial charge in [0.15, 0.2) is 5.16 Å². The third-order valence-corrected chi connectivity index (χ3v) is 4.06. The van der Waals surface area contributed by atoms with E-state index in [9.17, 15) is 14.9 Å². The van der Waals surface area contributed by atoms with Crippen LogP contribution >= 0.6 is 23.4 Å². The first kappa shape index (κ1) is 14.6. The average molecular weight is 334 g/mol. The molecule has 0 aliphatic heterocycles. The third kappa shape index (κ3) is 2.81. The zero-order chi connectivity index (χ0) is 15.7. The molecule has 0 amide bonds. The number of nitro groups is 1. The highest BCUT2D eigenvalue weighted by Crippen LogP contribution is 2.27. The molecular weight excluding hydrogens is 326 g/mol. The monoisotopic (exact) mass is 333 g/mol. The number of hydrogen-bond acceptors (Lipinski definition) is 5. The first-order valence-corrected chi connectivity index (χ1v) is 7.35. The van der Waals surface area contributed by atoms with Gasteiger partial charge in [0.25, 0.3) is 5.69 Å². The number of fused-ring (bicyclic) bond motifs is 1. The van der Waals surface area contributed by atoms with Crippen LogP contribution in [0.3, 0.4) is 0 Å². The fraction of sp³-hybridized carbons (Fsp3) is 0. The van der Waals surface area contributed by atoms with Crippen molar-refractivity contribution >= 4 is 45.2 Å². The highest BCUT2D eigenvalue weighted by Gasteiger charge is 2.15. The van der Waals surface area contributed by atoms with Crippen LogP contribution in [0.5, 0.6) is 0 Å². The van der Waals surface area contributed by atoms with Crippen LogP contribution in [-0.4, -0.2) is 20.0 Å². The Hall–Kier alpha value is -2.38. The van der Waals surface area contributed by atoms with E-state index < -0.39 is 4.92 Å². The highest BCUT2D eigenvalue weighted by molar-refractivity contribution is 8.14. The van der Waals surface area contributed by atoms with Crippen LogP contribution in [0.2, 0.25) is 5.02 Å². The van der Waals surface area contributed by atoms with Crippen molar-refractivity contribution in [2.75, 3.05) is 0 Å². The first-order chi connectivity index (χ1) is 10.5. The van der Waals surface area contributed by atoms with Crippen molar-refractivity contribution in [1.82, 2.24) is 9.97 Å². The summed E-state index contributed by atoms with van der Waals surface area (Å²) in [5.74, 6) is 0. The predicted molar refractivity (Wildman–Crippen MR) is 84.4 cm³/mol. The lowest BCUT2D eigenvalue weighted by atomic mass is 10.2. The quantitative estimate of drug-likeness (QED) is 0.443. The molecule has 6 nitrogen and oxygen atoms in total. The van der Waals surface area contributed by atoms with E-state index in [-0.39, 0.29) is 10.8 Å². The Morgan fingerprint density at radius 1 is 1.27 bits per heavy atom. The van der Waals surface area contributed by atoms with Crippen LogP contribution in [0.4, 0.5) is 5.69 Å². The lowest BCUT2D eigenvalue weighted by Gasteiger charge is -2.00. The smallest absolute Gasteiger partial charge is 0.271 e. The SMILES string of the molecule is O=C(Sc1nc2ccc([N+](=O)[O-])cc2[nH]1)c1ccccc1Cl. The molecule has 0 aliphatic carbocycles. The Morgan fingerprint density at radius 3 is 2.77 bits per heavy atom. The molecule has 3 rings (SSSR count). The van der Waals surface area contributed by atoms with Gasteiger partial charge in [-0.15, -0.1) is 0 Å². The Labute approximate surface area is 133 Å². The van der Waals surface area contributed by atoms with Crippen LogP contribution in [0.25, 0.3) is 11.0 Å². The Balaban J connectivity index is 1.89. The molecule has 3 aromatic rings. The van der Waals surface area contributed by atoms with Crippen molar-refractivity contribution in [1.29, 1.82) is 0 Å². The number of nitro benzene ring substituents is 1. The van der Waals surface area contributed by atoms with E-state index in [0.29, 0.717) is 26.8 Å². The van der Waals surface area contributed by atoms with Crippen molar-refractivity contribution in [2.45, 2.75) is 5.16 Å². The molecule has 8 heteroatoms. The number of aromatic nitrogens is 2. The van der Waals surface area contributed by atoms with Crippen molar-refractivity contribution in [3.63, 3.8) is 0 Å². The van der Waals surface area contributed by atoms with E-state index in [4.69, 9.17) is 11.6 Å². The van der Waals surface area contributed by atoms with Gasteiger partial charge in [-0.05, 0) is 30.0 Å². The van der Waals surface area contributed by atoms with Gasteiger partial charge in [0, 0.05) is 17.7 Å². The summed E-state index contributed by atoms with van der Waals surface area (Å²) in [6.07, 6.45) is 0. The number of hydrogen-bond donors (Lipinski definition) is 1. The maximum atomic E-state index is 12.2. The van der Waals surface area contributed by atoms with Gasteiger partial charge >= 0.3 is 0 Å². The summed E-state index contributed by atoms with van der Waals surface area (Å²) in [7, 11) is 0. The van der Waals surface area contributed by atoms with E-state index in [1.807, 2.05) is 0 Å². The number of imidazole rings is 1. The van der Waals surface area contributed by atoms with E-state index in [1.165, 1.54) is 18.2 Å². The molecule has 0 aliphatic rings. The van der Waals surface area contributed by atoms with Gasteiger partial charge < -0.3 is 4.98 Å². The molecule has 1 heterocycles. The van der Waals surface area contributed by atoms with Crippen molar-refractivity contribution < 1.29 is 9.72 Å². The minimum Gasteiger partial charge on any atom is -0.332 e. The molecule has 1 aromatic heterocycles. The van der Waals surface area contributed by atoms with Crippen molar-refractivity contribution in [2.24, 2.45) is 0 Å². The molecule has 0 unspecified atom stereocenters. The second-order valence-electron chi connectivity index (χ2n) is 4.37. The van der Waals surface area contributed by atoms with Gasteiger partial charge in [0.2, 0.25) is 5.12 Å². The summed E-state index contributed by atoms with van der Waals surface area (Å²) in [4.78, 5) is 29.6. The molecule has 2 aromatic carbocycles. The number of nitrogens with zero attached hydrogens (tertiary/aromatic N) is 2. The molecule has 0 saturated carbocycles. The molecule has 0 spiro atoms. The summed E-state index contributed by atoms with van der Waals surface area (Å²) < 4.78 is 0. The van der Waals surface area contributed by atoms with Crippen molar-refractivity contribution in [3.8, 4) is 0 Å². The largest absolute Gasteiger partial charge is 0.332 e. The van der Waals surface area contributed by atoms with Gasteiger partial charge in [0.1, 0.15) is 0 Å². The van der Waals surface area contributed by atoms with E-state index in [0.717, 1.165) is 11.8 Å². The fourth-order valence-corrected chi connectivity index (χ4v) is 2.95. The van der Waals surface area contributed by atoms with E-state index in [2.05, 4.69) is 9.97 Å². The van der Waals surface area contributed by atoms with Gasteiger partial charge in [-0.3, -0.25) is 14.9 Å². The van der Waals surface area contributed by atoms with E-state index >= 15 is 0 Å². The molecule has 1 N–H and O–H groups in total. The van der Waals surface area contributed by atoms with Crippen molar-refractivity contribution in [3.05, 3.63) is 63.2 Å². The summed E-state index contributed by atoms with van der Waals surface area (Å²) in [5.41, 5.74) is 1.41. The van der Waals surface area contributed by atoms with Gasteiger partial charge in [-0.1, -0.05) is 23.7 Å². The summed E-state index contributed by atoms with van der Waals surface area (Å²) in [6, 6.07) is 11.0.